The van der Waals surface area contributed by atoms with Crippen molar-refractivity contribution in [3.8, 4) is 0 Å². The number of anilines is 1. The number of hydrogen-bond donors (Lipinski definition) is 3. The van der Waals surface area contributed by atoms with Crippen LogP contribution in [0.25, 0.3) is 0 Å². The highest BCUT2D eigenvalue weighted by atomic mass is 32.1. The molecule has 0 radical (unpaired) electrons. The lowest BCUT2D eigenvalue weighted by Gasteiger charge is -2.33. The van der Waals surface area contributed by atoms with Crippen LogP contribution in [-0.2, 0) is 27.2 Å². The predicted molar refractivity (Wildman–Crippen MR) is 113 cm³/mol. The number of thiazole rings is 1. The molecule has 3 N–H and O–H groups in total. The fourth-order valence-corrected chi connectivity index (χ4v) is 4.12. The molecule has 8 nitrogen and oxygen atoms in total. The fourth-order valence-electron chi connectivity index (χ4n) is 3.16. The van der Waals surface area contributed by atoms with Crippen LogP contribution in [0.5, 0.6) is 0 Å². The number of aliphatic carboxylic acids is 1. The Kier molecular flexibility index (Phi) is 6.40. The summed E-state index contributed by atoms with van der Waals surface area (Å²) >= 11 is 1.52. The summed E-state index contributed by atoms with van der Waals surface area (Å²) in [5.74, 6) is -1.71. The van der Waals surface area contributed by atoms with Crippen LogP contribution < -0.4 is 10.6 Å². The van der Waals surface area contributed by atoms with Gasteiger partial charge in [-0.05, 0) is 45.2 Å². The van der Waals surface area contributed by atoms with E-state index in [4.69, 9.17) is 9.84 Å². The second-order valence-corrected chi connectivity index (χ2v) is 9.35. The van der Waals surface area contributed by atoms with E-state index >= 15 is 0 Å². The van der Waals surface area contributed by atoms with Gasteiger partial charge in [0.05, 0.1) is 10.9 Å². The molecule has 1 aliphatic rings. The van der Waals surface area contributed by atoms with E-state index in [0.29, 0.717) is 24.9 Å². The lowest BCUT2D eigenvalue weighted by Crippen LogP contribution is -2.61. The Labute approximate surface area is 178 Å². The maximum Gasteiger partial charge on any atom is 0.412 e. The standard InChI is InChI=1S/C21H25N3O5S/c1-21(2,3)29-20(28)23-15-7-5-4-6-12(15)10-16-22-11-13(30-16)8-9-14-17(19(26)27)24-18(14)25/h4-7,11,14,17H,8-10H2,1-3H3,(H,23,28)(H,24,25)(H,26,27)/t14-,17+/m1/s1. The van der Waals surface area contributed by atoms with Crippen LogP contribution in [-0.4, -0.2) is 39.7 Å². The van der Waals surface area contributed by atoms with Gasteiger partial charge in [-0.3, -0.25) is 10.1 Å². The van der Waals surface area contributed by atoms with Crippen molar-refractivity contribution in [1.29, 1.82) is 0 Å². The highest BCUT2D eigenvalue weighted by Crippen LogP contribution is 2.26. The average molecular weight is 432 g/mol. The van der Waals surface area contributed by atoms with Gasteiger partial charge in [-0.15, -0.1) is 11.3 Å². The number of nitrogens with zero attached hydrogens (tertiary/aromatic N) is 1. The number of β-lactam (4-membered cyclic amide) rings is 1. The van der Waals surface area contributed by atoms with E-state index in [2.05, 4.69) is 15.6 Å². The highest BCUT2D eigenvalue weighted by molar-refractivity contribution is 7.11. The first-order chi connectivity index (χ1) is 14.1. The summed E-state index contributed by atoms with van der Waals surface area (Å²) in [7, 11) is 0. The van der Waals surface area contributed by atoms with Crippen LogP contribution in [0.15, 0.2) is 30.5 Å². The first-order valence-electron chi connectivity index (χ1n) is 9.67. The summed E-state index contributed by atoms with van der Waals surface area (Å²) in [6.45, 7) is 5.42. The molecule has 0 bridgehead atoms. The van der Waals surface area contributed by atoms with Crippen LogP contribution in [0.3, 0.4) is 0 Å². The molecular weight excluding hydrogens is 406 g/mol. The van der Waals surface area contributed by atoms with E-state index in [9.17, 15) is 14.4 Å². The Morgan fingerprint density at radius 1 is 1.30 bits per heavy atom. The van der Waals surface area contributed by atoms with Crippen molar-refractivity contribution in [3.05, 3.63) is 45.9 Å². The van der Waals surface area contributed by atoms with Crippen molar-refractivity contribution < 1.29 is 24.2 Å². The average Bonchev–Trinajstić information content (AvgIpc) is 3.07. The molecule has 9 heteroatoms. The van der Waals surface area contributed by atoms with Gasteiger partial charge in [-0.1, -0.05) is 18.2 Å². The summed E-state index contributed by atoms with van der Waals surface area (Å²) < 4.78 is 5.32. The number of hydrogen-bond acceptors (Lipinski definition) is 6. The number of carboxylic acid groups (broad SMARTS) is 1. The quantitative estimate of drug-likeness (QED) is 0.580. The second kappa shape index (κ2) is 8.83. The number of carboxylic acids is 1. The lowest BCUT2D eigenvalue weighted by atomic mass is 9.86. The van der Waals surface area contributed by atoms with Gasteiger partial charge in [0.15, 0.2) is 0 Å². The van der Waals surface area contributed by atoms with Gasteiger partial charge in [-0.25, -0.2) is 14.6 Å². The Bertz CT molecular complexity index is 950. The molecule has 0 aliphatic carbocycles. The number of benzene rings is 1. The minimum atomic E-state index is -1.00. The monoisotopic (exact) mass is 431 g/mol. The van der Waals surface area contributed by atoms with Crippen molar-refractivity contribution in [2.75, 3.05) is 5.32 Å². The molecule has 0 saturated carbocycles. The van der Waals surface area contributed by atoms with Gasteiger partial charge in [0.1, 0.15) is 11.6 Å². The zero-order valence-electron chi connectivity index (χ0n) is 17.1. The maximum atomic E-state index is 12.1. The van der Waals surface area contributed by atoms with E-state index in [-0.39, 0.29) is 5.91 Å². The smallest absolute Gasteiger partial charge is 0.412 e. The molecule has 2 aromatic rings. The number of amides is 2. The number of para-hydroxylation sites is 1. The molecule has 1 fully saturated rings. The molecule has 1 aromatic heterocycles. The van der Waals surface area contributed by atoms with Crippen molar-refractivity contribution >= 4 is 35.0 Å². The van der Waals surface area contributed by atoms with Gasteiger partial charge in [0.25, 0.3) is 0 Å². The van der Waals surface area contributed by atoms with E-state index in [1.54, 1.807) is 6.20 Å². The normalized spacial score (nSPS) is 18.3. The molecule has 1 saturated heterocycles. The maximum absolute atomic E-state index is 12.1. The van der Waals surface area contributed by atoms with Crippen LogP contribution >= 0.6 is 11.3 Å². The van der Waals surface area contributed by atoms with Gasteiger partial charge in [0, 0.05) is 23.2 Å². The summed E-state index contributed by atoms with van der Waals surface area (Å²) in [6, 6.07) is 6.67. The van der Waals surface area contributed by atoms with E-state index in [1.807, 2.05) is 45.0 Å². The number of ether oxygens (including phenoxy) is 1. The van der Waals surface area contributed by atoms with Crippen LogP contribution in [0.2, 0.25) is 0 Å². The fraction of sp³-hybridized carbons (Fsp3) is 0.429. The van der Waals surface area contributed by atoms with Gasteiger partial charge >= 0.3 is 12.1 Å². The molecule has 0 unspecified atom stereocenters. The van der Waals surface area contributed by atoms with E-state index in [0.717, 1.165) is 15.4 Å². The van der Waals surface area contributed by atoms with E-state index in [1.165, 1.54) is 11.3 Å². The minimum Gasteiger partial charge on any atom is -0.480 e. The molecule has 2 atom stereocenters. The molecule has 30 heavy (non-hydrogen) atoms. The largest absolute Gasteiger partial charge is 0.480 e. The van der Waals surface area contributed by atoms with Crippen molar-refractivity contribution in [2.24, 2.45) is 5.92 Å². The summed E-state index contributed by atoms with van der Waals surface area (Å²) in [5, 5.41) is 15.1. The molecule has 1 aliphatic heterocycles. The van der Waals surface area contributed by atoms with Gasteiger partial charge in [0.2, 0.25) is 5.91 Å². The third kappa shape index (κ3) is 5.56. The summed E-state index contributed by atoms with van der Waals surface area (Å²) in [6.07, 6.45) is 2.86. The zero-order chi connectivity index (χ0) is 21.9. The van der Waals surface area contributed by atoms with Gasteiger partial charge in [-0.2, -0.15) is 0 Å². The number of rotatable bonds is 7. The number of aromatic nitrogens is 1. The number of carbonyl (C=O) groups excluding carboxylic acids is 2. The number of aryl methyl sites for hydroxylation is 1. The topological polar surface area (TPSA) is 118 Å². The van der Waals surface area contributed by atoms with E-state index < -0.39 is 29.6 Å². The second-order valence-electron chi connectivity index (χ2n) is 8.15. The molecule has 0 spiro atoms. The molecule has 2 heterocycles. The minimum absolute atomic E-state index is 0.214. The molecular formula is C21H25N3O5S. The first-order valence-corrected chi connectivity index (χ1v) is 10.5. The van der Waals surface area contributed by atoms with Crippen molar-refractivity contribution in [1.82, 2.24) is 10.3 Å². The predicted octanol–water partition coefficient (Wildman–Crippen LogP) is 3.21. The third-order valence-electron chi connectivity index (χ3n) is 4.60. The SMILES string of the molecule is CC(C)(C)OC(=O)Nc1ccccc1Cc1ncc(CC[C@H]2C(=O)N[C@@H]2C(=O)O)s1. The molecule has 3 rings (SSSR count). The lowest BCUT2D eigenvalue weighted by molar-refractivity contribution is -0.153. The van der Waals surface area contributed by atoms with Crippen LogP contribution in [0.1, 0.15) is 42.6 Å². The van der Waals surface area contributed by atoms with Gasteiger partial charge < -0.3 is 15.2 Å². The van der Waals surface area contributed by atoms with Crippen LogP contribution in [0, 0.1) is 5.92 Å². The molecule has 160 valence electrons. The van der Waals surface area contributed by atoms with Crippen molar-refractivity contribution in [2.45, 2.75) is 51.7 Å². The Hall–Kier alpha value is -2.94. The summed E-state index contributed by atoms with van der Waals surface area (Å²) in [4.78, 5) is 40.2. The zero-order valence-corrected chi connectivity index (χ0v) is 17.9. The Morgan fingerprint density at radius 2 is 2.03 bits per heavy atom. The Balaban J connectivity index is 1.60. The molecule has 1 aromatic carbocycles. The highest BCUT2D eigenvalue weighted by Gasteiger charge is 2.43. The van der Waals surface area contributed by atoms with Crippen molar-refractivity contribution in [3.63, 3.8) is 0 Å². The number of nitrogens with one attached hydrogen (secondary N) is 2. The van der Waals surface area contributed by atoms with Crippen LogP contribution in [0.4, 0.5) is 10.5 Å². The summed E-state index contributed by atoms with van der Waals surface area (Å²) in [5.41, 5.74) is 0.993. The Morgan fingerprint density at radius 3 is 2.70 bits per heavy atom. The first kappa shape index (κ1) is 21.8. The third-order valence-corrected chi connectivity index (χ3v) is 5.66. The molecule has 2 amide bonds. The number of carbonyl (C=O) groups is 3.